The van der Waals surface area contributed by atoms with E-state index in [1.165, 1.54) is 11.6 Å². The zero-order valence-corrected chi connectivity index (χ0v) is 8.32. The molecule has 1 aliphatic rings. The third-order valence-corrected chi connectivity index (χ3v) is 2.80. The predicted octanol–water partition coefficient (Wildman–Crippen LogP) is 3.32. The van der Waals surface area contributed by atoms with Gasteiger partial charge in [-0.2, -0.15) is 0 Å². The van der Waals surface area contributed by atoms with E-state index in [0.29, 0.717) is 5.56 Å². The van der Waals surface area contributed by atoms with Gasteiger partial charge in [0.15, 0.2) is 11.6 Å². The molecule has 2 heteroatoms. The highest BCUT2D eigenvalue weighted by atomic mass is 19.2. The fourth-order valence-electron chi connectivity index (χ4n) is 1.95. The van der Waals surface area contributed by atoms with Crippen LogP contribution in [0.5, 0.6) is 0 Å². The number of hydrogen-bond acceptors (Lipinski definition) is 0. The Morgan fingerprint density at radius 2 is 1.93 bits per heavy atom. The Labute approximate surface area is 82.3 Å². The van der Waals surface area contributed by atoms with E-state index in [1.807, 2.05) is 6.92 Å². The van der Waals surface area contributed by atoms with Crippen LogP contribution in [0, 0.1) is 18.6 Å². The standard InChI is InChI=1S/C12H12F2/c1-7-3-4-10-8(2)12(14)11(13)6-9(10)5-7/h3,6H,4-5H2,1-2H3. The highest BCUT2D eigenvalue weighted by Gasteiger charge is 2.17. The summed E-state index contributed by atoms with van der Waals surface area (Å²) in [6.07, 6.45) is 3.55. The average molecular weight is 194 g/mol. The first-order valence-electron chi connectivity index (χ1n) is 4.71. The third-order valence-electron chi connectivity index (χ3n) is 2.80. The number of allylic oxidation sites excluding steroid dienone is 2. The first-order chi connectivity index (χ1) is 6.59. The van der Waals surface area contributed by atoms with Crippen molar-refractivity contribution in [2.24, 2.45) is 0 Å². The van der Waals surface area contributed by atoms with Crippen LogP contribution in [0.25, 0.3) is 0 Å². The molecule has 0 aromatic heterocycles. The molecule has 0 radical (unpaired) electrons. The summed E-state index contributed by atoms with van der Waals surface area (Å²) < 4.78 is 26.3. The molecule has 1 aromatic carbocycles. The van der Waals surface area contributed by atoms with E-state index in [-0.39, 0.29) is 0 Å². The van der Waals surface area contributed by atoms with Crippen LogP contribution in [0.4, 0.5) is 8.78 Å². The number of rotatable bonds is 0. The Hall–Kier alpha value is -1.18. The Balaban J connectivity index is 2.59. The first kappa shape index (κ1) is 9.38. The monoisotopic (exact) mass is 194 g/mol. The van der Waals surface area contributed by atoms with Crippen LogP contribution >= 0.6 is 0 Å². The first-order valence-corrected chi connectivity index (χ1v) is 4.71. The Bertz CT molecular complexity index is 417. The normalized spacial score (nSPS) is 15.0. The van der Waals surface area contributed by atoms with E-state index in [0.717, 1.165) is 24.0 Å². The molecule has 0 atom stereocenters. The molecule has 0 fully saturated rings. The molecule has 1 aliphatic carbocycles. The van der Waals surface area contributed by atoms with Gasteiger partial charge >= 0.3 is 0 Å². The third kappa shape index (κ3) is 1.35. The van der Waals surface area contributed by atoms with Gasteiger partial charge in [-0.15, -0.1) is 0 Å². The lowest BCUT2D eigenvalue weighted by Crippen LogP contribution is -2.07. The van der Waals surface area contributed by atoms with E-state index >= 15 is 0 Å². The molecule has 0 unspecified atom stereocenters. The molecule has 0 nitrogen and oxygen atoms in total. The molecule has 0 bridgehead atoms. The second-order valence-corrected chi connectivity index (χ2v) is 3.87. The lowest BCUT2D eigenvalue weighted by Gasteiger charge is -2.17. The quantitative estimate of drug-likeness (QED) is 0.556. The van der Waals surface area contributed by atoms with Crippen LogP contribution in [-0.2, 0) is 12.8 Å². The number of benzene rings is 1. The smallest absolute Gasteiger partial charge is 0.162 e. The maximum absolute atomic E-state index is 13.2. The largest absolute Gasteiger partial charge is 0.204 e. The van der Waals surface area contributed by atoms with Gasteiger partial charge in [0.2, 0.25) is 0 Å². The van der Waals surface area contributed by atoms with Gasteiger partial charge in [-0.3, -0.25) is 0 Å². The van der Waals surface area contributed by atoms with Crippen molar-refractivity contribution in [3.8, 4) is 0 Å². The number of halogens is 2. The Kier molecular flexibility index (Phi) is 2.14. The van der Waals surface area contributed by atoms with Crippen LogP contribution in [0.2, 0.25) is 0 Å². The molecule has 14 heavy (non-hydrogen) atoms. The fourth-order valence-corrected chi connectivity index (χ4v) is 1.95. The predicted molar refractivity (Wildman–Crippen MR) is 52.3 cm³/mol. The van der Waals surface area contributed by atoms with E-state index in [9.17, 15) is 8.78 Å². The minimum atomic E-state index is -0.726. The van der Waals surface area contributed by atoms with Gasteiger partial charge in [0.1, 0.15) is 0 Å². The van der Waals surface area contributed by atoms with Crippen molar-refractivity contribution in [1.82, 2.24) is 0 Å². The molecule has 74 valence electrons. The molecule has 0 amide bonds. The zero-order chi connectivity index (χ0) is 10.3. The number of hydrogen-bond donors (Lipinski definition) is 0. The van der Waals surface area contributed by atoms with E-state index in [1.54, 1.807) is 6.92 Å². The second-order valence-electron chi connectivity index (χ2n) is 3.87. The van der Waals surface area contributed by atoms with Gasteiger partial charge in [0.05, 0.1) is 0 Å². The van der Waals surface area contributed by atoms with Gasteiger partial charge in [-0.05, 0) is 49.4 Å². The minimum absolute atomic E-state index is 0.462. The molecule has 0 N–H and O–H groups in total. The lowest BCUT2D eigenvalue weighted by atomic mass is 9.89. The number of fused-ring (bicyclic) bond motifs is 1. The van der Waals surface area contributed by atoms with Crippen molar-refractivity contribution in [3.63, 3.8) is 0 Å². The van der Waals surface area contributed by atoms with Crippen molar-refractivity contribution >= 4 is 0 Å². The van der Waals surface area contributed by atoms with E-state index in [2.05, 4.69) is 6.08 Å². The average Bonchev–Trinajstić information content (AvgIpc) is 2.14. The fraction of sp³-hybridized carbons (Fsp3) is 0.333. The lowest BCUT2D eigenvalue weighted by molar-refractivity contribution is 0.499. The molecular weight excluding hydrogens is 182 g/mol. The highest BCUT2D eigenvalue weighted by molar-refractivity contribution is 5.42. The van der Waals surface area contributed by atoms with Crippen LogP contribution in [0.1, 0.15) is 23.6 Å². The van der Waals surface area contributed by atoms with Gasteiger partial charge < -0.3 is 0 Å². The SMILES string of the molecule is CC1=CCc2c(cc(F)c(F)c2C)C1. The zero-order valence-electron chi connectivity index (χ0n) is 8.32. The maximum atomic E-state index is 13.2. The molecule has 0 saturated heterocycles. The summed E-state index contributed by atoms with van der Waals surface area (Å²) in [4.78, 5) is 0. The van der Waals surface area contributed by atoms with Gasteiger partial charge in [-0.25, -0.2) is 8.78 Å². The molecule has 0 spiro atoms. The second kappa shape index (κ2) is 3.19. The van der Waals surface area contributed by atoms with Gasteiger partial charge in [0.25, 0.3) is 0 Å². The summed E-state index contributed by atoms with van der Waals surface area (Å²) in [5.41, 5.74) is 3.57. The summed E-state index contributed by atoms with van der Waals surface area (Å²) in [6.45, 7) is 3.66. The van der Waals surface area contributed by atoms with E-state index in [4.69, 9.17) is 0 Å². The molecular formula is C12H12F2. The van der Waals surface area contributed by atoms with Crippen molar-refractivity contribution < 1.29 is 8.78 Å². The van der Waals surface area contributed by atoms with Gasteiger partial charge in [0, 0.05) is 0 Å². The van der Waals surface area contributed by atoms with Gasteiger partial charge in [-0.1, -0.05) is 11.6 Å². The summed E-state index contributed by atoms with van der Waals surface area (Å²) in [5.74, 6) is -1.42. The van der Waals surface area contributed by atoms with Crippen molar-refractivity contribution in [1.29, 1.82) is 0 Å². The van der Waals surface area contributed by atoms with Crippen LogP contribution in [-0.4, -0.2) is 0 Å². The Morgan fingerprint density at radius 3 is 2.64 bits per heavy atom. The molecule has 0 saturated carbocycles. The van der Waals surface area contributed by atoms with Crippen LogP contribution in [0.15, 0.2) is 17.7 Å². The molecule has 0 aliphatic heterocycles. The van der Waals surface area contributed by atoms with E-state index < -0.39 is 11.6 Å². The van der Waals surface area contributed by atoms with Crippen molar-refractivity contribution in [2.45, 2.75) is 26.7 Å². The van der Waals surface area contributed by atoms with Crippen LogP contribution in [0.3, 0.4) is 0 Å². The topological polar surface area (TPSA) is 0 Å². The summed E-state index contributed by atoms with van der Waals surface area (Å²) in [7, 11) is 0. The summed E-state index contributed by atoms with van der Waals surface area (Å²) in [6, 6.07) is 1.33. The van der Waals surface area contributed by atoms with Crippen molar-refractivity contribution in [3.05, 3.63) is 46.0 Å². The minimum Gasteiger partial charge on any atom is -0.204 e. The van der Waals surface area contributed by atoms with Crippen LogP contribution < -0.4 is 0 Å². The summed E-state index contributed by atoms with van der Waals surface area (Å²) in [5, 5.41) is 0. The molecule has 0 heterocycles. The highest BCUT2D eigenvalue weighted by Crippen LogP contribution is 2.27. The Morgan fingerprint density at radius 1 is 1.21 bits per heavy atom. The van der Waals surface area contributed by atoms with Crippen molar-refractivity contribution in [2.75, 3.05) is 0 Å². The molecule has 1 aromatic rings. The summed E-state index contributed by atoms with van der Waals surface area (Å²) >= 11 is 0. The maximum Gasteiger partial charge on any atom is 0.162 e. The molecule has 2 rings (SSSR count).